The fourth-order valence-electron chi connectivity index (χ4n) is 4.87. The average Bonchev–Trinajstić information content (AvgIpc) is 3.10. The van der Waals surface area contributed by atoms with E-state index in [1.807, 2.05) is 11.3 Å². The molecule has 0 aromatic carbocycles. The van der Waals surface area contributed by atoms with E-state index in [9.17, 15) is 0 Å². The van der Waals surface area contributed by atoms with Crippen LogP contribution in [-0.4, -0.2) is 66.6 Å². The molecule has 1 aromatic heterocycles. The normalized spacial score (nSPS) is 31.1. The highest BCUT2D eigenvalue weighted by atomic mass is 32.1. The van der Waals surface area contributed by atoms with Crippen molar-refractivity contribution in [1.82, 2.24) is 14.7 Å². The Morgan fingerprint density at radius 1 is 0.913 bits per heavy atom. The van der Waals surface area contributed by atoms with Crippen LogP contribution >= 0.6 is 11.3 Å². The SMILES string of the molecule is c1csc(CN2CCN(C[C@@H]3CCCN4CCCC[C@H]34)CC2)c1. The molecule has 3 aliphatic heterocycles. The van der Waals surface area contributed by atoms with Crippen molar-refractivity contribution in [2.75, 3.05) is 45.8 Å². The fourth-order valence-corrected chi connectivity index (χ4v) is 5.62. The summed E-state index contributed by atoms with van der Waals surface area (Å²) >= 11 is 1.90. The maximum atomic E-state index is 2.81. The molecule has 0 spiro atoms. The molecule has 4 heteroatoms. The van der Waals surface area contributed by atoms with E-state index in [0.717, 1.165) is 18.5 Å². The number of hydrogen-bond donors (Lipinski definition) is 0. The van der Waals surface area contributed by atoms with Gasteiger partial charge in [-0.25, -0.2) is 0 Å². The van der Waals surface area contributed by atoms with Crippen molar-refractivity contribution in [2.24, 2.45) is 5.92 Å². The lowest BCUT2D eigenvalue weighted by Gasteiger charge is -2.46. The largest absolute Gasteiger partial charge is 0.300 e. The molecule has 4 rings (SSSR count). The minimum absolute atomic E-state index is 0.904. The van der Waals surface area contributed by atoms with Crippen molar-refractivity contribution in [1.29, 1.82) is 0 Å². The van der Waals surface area contributed by atoms with Gasteiger partial charge in [0.25, 0.3) is 0 Å². The molecular weight excluding hydrogens is 302 g/mol. The van der Waals surface area contributed by atoms with E-state index in [-0.39, 0.29) is 0 Å². The van der Waals surface area contributed by atoms with Crippen LogP contribution in [0.3, 0.4) is 0 Å². The van der Waals surface area contributed by atoms with Crippen LogP contribution in [0.4, 0.5) is 0 Å². The standard InChI is InChI=1S/C19H31N3S/c1-2-8-22-9-3-5-17(19(22)7-1)15-20-10-12-21(13-11-20)16-18-6-4-14-23-18/h4,6,14,17,19H,1-3,5,7-13,15-16H2/t17-,19+/m0/s1. The third-order valence-electron chi connectivity index (χ3n) is 6.15. The Bertz CT molecular complexity index is 465. The van der Waals surface area contributed by atoms with E-state index >= 15 is 0 Å². The van der Waals surface area contributed by atoms with Crippen molar-refractivity contribution >= 4 is 11.3 Å². The molecule has 3 saturated heterocycles. The zero-order valence-corrected chi connectivity index (χ0v) is 15.1. The van der Waals surface area contributed by atoms with Crippen molar-refractivity contribution in [2.45, 2.75) is 44.7 Å². The van der Waals surface area contributed by atoms with Gasteiger partial charge in [0.15, 0.2) is 0 Å². The van der Waals surface area contributed by atoms with E-state index in [0.29, 0.717) is 0 Å². The molecule has 0 aliphatic carbocycles. The Morgan fingerprint density at radius 2 is 1.74 bits per heavy atom. The molecular formula is C19H31N3S. The van der Waals surface area contributed by atoms with Gasteiger partial charge in [-0.3, -0.25) is 4.90 Å². The second-order valence-corrected chi connectivity index (χ2v) is 8.69. The quantitative estimate of drug-likeness (QED) is 0.838. The first-order chi connectivity index (χ1) is 11.4. The second kappa shape index (κ2) is 7.64. The highest BCUT2D eigenvalue weighted by Crippen LogP contribution is 2.31. The molecule has 1 aromatic rings. The van der Waals surface area contributed by atoms with E-state index in [1.165, 1.54) is 82.8 Å². The molecule has 0 unspecified atom stereocenters. The van der Waals surface area contributed by atoms with Crippen molar-refractivity contribution < 1.29 is 0 Å². The molecule has 2 atom stereocenters. The molecule has 0 radical (unpaired) electrons. The van der Waals surface area contributed by atoms with E-state index in [4.69, 9.17) is 0 Å². The molecule has 3 fully saturated rings. The summed E-state index contributed by atoms with van der Waals surface area (Å²) in [6.07, 6.45) is 7.26. The molecule has 3 nitrogen and oxygen atoms in total. The Labute approximate surface area is 145 Å². The molecule has 0 amide bonds. The number of rotatable bonds is 4. The molecule has 3 aliphatic rings. The summed E-state index contributed by atoms with van der Waals surface area (Å²) in [5.74, 6) is 0.938. The Kier molecular flexibility index (Phi) is 5.34. The van der Waals surface area contributed by atoms with Gasteiger partial charge in [0.1, 0.15) is 0 Å². The molecule has 0 N–H and O–H groups in total. The third kappa shape index (κ3) is 3.98. The monoisotopic (exact) mass is 333 g/mol. The Hall–Kier alpha value is -0.420. The predicted molar refractivity (Wildman–Crippen MR) is 98.0 cm³/mol. The maximum absolute atomic E-state index is 2.81. The van der Waals surface area contributed by atoms with Crippen LogP contribution in [0, 0.1) is 5.92 Å². The summed E-state index contributed by atoms with van der Waals surface area (Å²) in [6, 6.07) is 5.35. The lowest BCUT2D eigenvalue weighted by molar-refractivity contribution is 0.0284. The number of thiophene rings is 1. The van der Waals surface area contributed by atoms with E-state index in [1.54, 1.807) is 0 Å². The molecule has 0 bridgehead atoms. The lowest BCUT2D eigenvalue weighted by atomic mass is 9.83. The summed E-state index contributed by atoms with van der Waals surface area (Å²) in [4.78, 5) is 9.72. The summed E-state index contributed by atoms with van der Waals surface area (Å²) in [5.41, 5.74) is 0. The van der Waals surface area contributed by atoms with E-state index in [2.05, 4.69) is 32.2 Å². The van der Waals surface area contributed by atoms with Gasteiger partial charge in [0, 0.05) is 50.2 Å². The van der Waals surface area contributed by atoms with Crippen LogP contribution in [0.5, 0.6) is 0 Å². The van der Waals surface area contributed by atoms with Gasteiger partial charge in [-0.1, -0.05) is 12.5 Å². The zero-order valence-electron chi connectivity index (χ0n) is 14.3. The first kappa shape index (κ1) is 16.1. The van der Waals surface area contributed by atoms with Crippen LogP contribution in [0.25, 0.3) is 0 Å². The summed E-state index contributed by atoms with van der Waals surface area (Å²) < 4.78 is 0. The lowest BCUT2D eigenvalue weighted by Crippen LogP contribution is -2.53. The Balaban J connectivity index is 1.25. The fraction of sp³-hybridized carbons (Fsp3) is 0.789. The summed E-state index contributed by atoms with van der Waals surface area (Å²) in [6.45, 7) is 10.3. The van der Waals surface area contributed by atoms with Crippen molar-refractivity contribution in [3.05, 3.63) is 22.4 Å². The van der Waals surface area contributed by atoms with Gasteiger partial charge in [0.05, 0.1) is 0 Å². The van der Waals surface area contributed by atoms with Crippen LogP contribution in [0.15, 0.2) is 17.5 Å². The van der Waals surface area contributed by atoms with Gasteiger partial charge in [-0.15, -0.1) is 11.3 Å². The summed E-state index contributed by atoms with van der Waals surface area (Å²) in [5, 5.41) is 2.20. The van der Waals surface area contributed by atoms with Crippen molar-refractivity contribution in [3.63, 3.8) is 0 Å². The number of fused-ring (bicyclic) bond motifs is 1. The molecule has 0 saturated carbocycles. The number of hydrogen-bond acceptors (Lipinski definition) is 4. The summed E-state index contributed by atoms with van der Waals surface area (Å²) in [7, 11) is 0. The third-order valence-corrected chi connectivity index (χ3v) is 7.01. The van der Waals surface area contributed by atoms with Gasteiger partial charge in [-0.05, 0) is 56.1 Å². The van der Waals surface area contributed by atoms with Crippen LogP contribution in [0.2, 0.25) is 0 Å². The second-order valence-electron chi connectivity index (χ2n) is 7.66. The highest BCUT2D eigenvalue weighted by Gasteiger charge is 2.34. The van der Waals surface area contributed by atoms with Gasteiger partial charge in [0.2, 0.25) is 0 Å². The number of nitrogens with zero attached hydrogens (tertiary/aromatic N) is 3. The number of piperidine rings is 2. The van der Waals surface area contributed by atoms with Gasteiger partial charge < -0.3 is 9.80 Å². The first-order valence-electron chi connectivity index (χ1n) is 9.59. The van der Waals surface area contributed by atoms with Gasteiger partial charge in [-0.2, -0.15) is 0 Å². The van der Waals surface area contributed by atoms with E-state index < -0.39 is 0 Å². The highest BCUT2D eigenvalue weighted by molar-refractivity contribution is 7.09. The molecule has 4 heterocycles. The van der Waals surface area contributed by atoms with Crippen LogP contribution < -0.4 is 0 Å². The topological polar surface area (TPSA) is 9.72 Å². The smallest absolute Gasteiger partial charge is 0.0328 e. The van der Waals surface area contributed by atoms with Crippen molar-refractivity contribution in [3.8, 4) is 0 Å². The Morgan fingerprint density at radius 3 is 2.57 bits per heavy atom. The average molecular weight is 334 g/mol. The predicted octanol–water partition coefficient (Wildman–Crippen LogP) is 3.13. The maximum Gasteiger partial charge on any atom is 0.0328 e. The first-order valence-corrected chi connectivity index (χ1v) is 10.5. The zero-order chi connectivity index (χ0) is 15.5. The minimum atomic E-state index is 0.904. The van der Waals surface area contributed by atoms with Gasteiger partial charge >= 0.3 is 0 Å². The van der Waals surface area contributed by atoms with Crippen LogP contribution in [-0.2, 0) is 6.54 Å². The van der Waals surface area contributed by atoms with Crippen LogP contribution in [0.1, 0.15) is 37.0 Å². The minimum Gasteiger partial charge on any atom is -0.300 e. The molecule has 128 valence electrons. The number of piperazine rings is 1. The molecule has 23 heavy (non-hydrogen) atoms.